The highest BCUT2D eigenvalue weighted by Crippen LogP contribution is 2.23. The van der Waals surface area contributed by atoms with E-state index < -0.39 is 0 Å². The fraction of sp³-hybridized carbons (Fsp3) is 0.571. The molecule has 0 aliphatic carbocycles. The first kappa shape index (κ1) is 13.0. The van der Waals surface area contributed by atoms with Crippen molar-refractivity contribution in [2.45, 2.75) is 33.2 Å². The van der Waals surface area contributed by atoms with E-state index in [0.29, 0.717) is 12.0 Å². The van der Waals surface area contributed by atoms with Gasteiger partial charge in [-0.2, -0.15) is 0 Å². The van der Waals surface area contributed by atoms with E-state index in [1.165, 1.54) is 12.0 Å². The molecule has 0 aromatic heterocycles. The van der Waals surface area contributed by atoms with Crippen LogP contribution in [0.5, 0.6) is 5.75 Å². The second-order valence-electron chi connectivity index (χ2n) is 4.45. The second-order valence-corrected chi connectivity index (χ2v) is 4.45. The van der Waals surface area contributed by atoms with Gasteiger partial charge in [-0.15, -0.1) is 0 Å². The molecule has 1 rings (SSSR count). The monoisotopic (exact) mass is 221 g/mol. The Morgan fingerprint density at radius 3 is 2.25 bits per heavy atom. The zero-order valence-corrected chi connectivity index (χ0v) is 10.8. The minimum atomic E-state index is 0.436. The highest BCUT2D eigenvalue weighted by atomic mass is 16.5. The first-order chi connectivity index (χ1) is 7.69. The number of hydrogen-bond donors (Lipinski definition) is 1. The lowest BCUT2D eigenvalue weighted by Gasteiger charge is -2.23. The topological polar surface area (TPSA) is 21.3 Å². The molecule has 0 aliphatic rings. The molecule has 0 radical (unpaired) electrons. The van der Waals surface area contributed by atoms with Crippen LogP contribution < -0.4 is 10.1 Å². The third kappa shape index (κ3) is 3.53. The van der Waals surface area contributed by atoms with E-state index in [2.05, 4.69) is 38.2 Å². The summed E-state index contributed by atoms with van der Waals surface area (Å²) in [6.07, 6.45) is 1.17. The molecule has 1 unspecified atom stereocenters. The smallest absolute Gasteiger partial charge is 0.118 e. The van der Waals surface area contributed by atoms with Crippen LogP contribution in [-0.4, -0.2) is 13.7 Å². The molecule has 2 nitrogen and oxygen atoms in total. The van der Waals surface area contributed by atoms with Crippen molar-refractivity contribution in [2.24, 2.45) is 5.92 Å². The number of benzene rings is 1. The highest BCUT2D eigenvalue weighted by molar-refractivity contribution is 5.29. The van der Waals surface area contributed by atoms with Gasteiger partial charge in [-0.3, -0.25) is 0 Å². The summed E-state index contributed by atoms with van der Waals surface area (Å²) in [7, 11) is 1.70. The fourth-order valence-electron chi connectivity index (χ4n) is 1.85. The molecular formula is C14H23NO. The second kappa shape index (κ2) is 6.54. The molecule has 0 spiro atoms. The van der Waals surface area contributed by atoms with Gasteiger partial charge >= 0.3 is 0 Å². The van der Waals surface area contributed by atoms with E-state index in [1.807, 2.05) is 12.1 Å². The first-order valence-corrected chi connectivity index (χ1v) is 6.06. The van der Waals surface area contributed by atoms with Crippen LogP contribution in [0.25, 0.3) is 0 Å². The quantitative estimate of drug-likeness (QED) is 0.795. The van der Waals surface area contributed by atoms with Gasteiger partial charge in [0, 0.05) is 6.04 Å². The zero-order valence-electron chi connectivity index (χ0n) is 10.8. The highest BCUT2D eigenvalue weighted by Gasteiger charge is 2.14. The van der Waals surface area contributed by atoms with E-state index in [1.54, 1.807) is 7.11 Å². The lowest BCUT2D eigenvalue weighted by molar-refractivity contribution is 0.405. The fourth-order valence-corrected chi connectivity index (χ4v) is 1.85. The number of hydrogen-bond acceptors (Lipinski definition) is 2. The van der Waals surface area contributed by atoms with Crippen LogP contribution in [0.15, 0.2) is 24.3 Å². The van der Waals surface area contributed by atoms with Crippen molar-refractivity contribution in [3.63, 3.8) is 0 Å². The van der Waals surface area contributed by atoms with Crippen LogP contribution in [0.1, 0.15) is 38.8 Å². The molecule has 0 fully saturated rings. The largest absolute Gasteiger partial charge is 0.497 e. The third-order valence-electron chi connectivity index (χ3n) is 2.76. The van der Waals surface area contributed by atoms with Crippen molar-refractivity contribution >= 4 is 0 Å². The normalized spacial score (nSPS) is 12.8. The van der Waals surface area contributed by atoms with E-state index in [-0.39, 0.29) is 0 Å². The van der Waals surface area contributed by atoms with Crippen molar-refractivity contribution in [1.29, 1.82) is 0 Å². The molecule has 16 heavy (non-hydrogen) atoms. The molecular weight excluding hydrogens is 198 g/mol. The molecule has 2 heteroatoms. The Kier molecular flexibility index (Phi) is 5.33. The summed E-state index contributed by atoms with van der Waals surface area (Å²) >= 11 is 0. The van der Waals surface area contributed by atoms with Gasteiger partial charge in [0.2, 0.25) is 0 Å². The minimum Gasteiger partial charge on any atom is -0.497 e. The van der Waals surface area contributed by atoms with E-state index in [9.17, 15) is 0 Å². The molecule has 1 aromatic carbocycles. The summed E-state index contributed by atoms with van der Waals surface area (Å²) in [5, 5.41) is 3.58. The van der Waals surface area contributed by atoms with Crippen LogP contribution in [0.2, 0.25) is 0 Å². The molecule has 0 heterocycles. The average Bonchev–Trinajstić information content (AvgIpc) is 2.30. The van der Waals surface area contributed by atoms with Gasteiger partial charge in [0.25, 0.3) is 0 Å². The Morgan fingerprint density at radius 1 is 1.19 bits per heavy atom. The van der Waals surface area contributed by atoms with E-state index in [4.69, 9.17) is 4.74 Å². The summed E-state index contributed by atoms with van der Waals surface area (Å²) in [5.41, 5.74) is 1.34. The Balaban J connectivity index is 2.75. The lowest BCUT2D eigenvalue weighted by Crippen LogP contribution is -2.26. The average molecular weight is 221 g/mol. The summed E-state index contributed by atoms with van der Waals surface area (Å²) in [5.74, 6) is 1.52. The number of methoxy groups -OCH3 is 1. The molecule has 0 aliphatic heterocycles. The van der Waals surface area contributed by atoms with Crippen LogP contribution in [0, 0.1) is 5.92 Å². The van der Waals surface area contributed by atoms with Crippen molar-refractivity contribution < 1.29 is 4.74 Å². The molecule has 0 saturated heterocycles. The molecule has 0 amide bonds. The Labute approximate surface area is 99.0 Å². The van der Waals surface area contributed by atoms with E-state index >= 15 is 0 Å². The summed E-state index contributed by atoms with van der Waals surface area (Å²) < 4.78 is 5.17. The zero-order chi connectivity index (χ0) is 12.0. The van der Waals surface area contributed by atoms with Gasteiger partial charge in [-0.1, -0.05) is 32.9 Å². The van der Waals surface area contributed by atoms with Crippen LogP contribution >= 0.6 is 0 Å². The van der Waals surface area contributed by atoms with Gasteiger partial charge < -0.3 is 10.1 Å². The van der Waals surface area contributed by atoms with Gasteiger partial charge in [0.05, 0.1) is 7.11 Å². The van der Waals surface area contributed by atoms with Crippen molar-refractivity contribution in [2.75, 3.05) is 13.7 Å². The summed E-state index contributed by atoms with van der Waals surface area (Å²) in [6, 6.07) is 8.78. The van der Waals surface area contributed by atoms with Crippen LogP contribution in [0.4, 0.5) is 0 Å². The molecule has 90 valence electrons. The summed E-state index contributed by atoms with van der Waals surface area (Å²) in [4.78, 5) is 0. The molecule has 1 aromatic rings. The number of nitrogens with one attached hydrogen (secondary N) is 1. The predicted molar refractivity (Wildman–Crippen MR) is 68.9 cm³/mol. The molecule has 0 saturated carbocycles. The van der Waals surface area contributed by atoms with Crippen molar-refractivity contribution in [3.05, 3.63) is 29.8 Å². The third-order valence-corrected chi connectivity index (χ3v) is 2.76. The maximum atomic E-state index is 5.17. The summed E-state index contributed by atoms with van der Waals surface area (Å²) in [6.45, 7) is 7.75. The van der Waals surface area contributed by atoms with Crippen molar-refractivity contribution in [1.82, 2.24) is 5.32 Å². The molecule has 1 atom stereocenters. The predicted octanol–water partition coefficient (Wildman–Crippen LogP) is 3.39. The van der Waals surface area contributed by atoms with E-state index in [0.717, 1.165) is 12.3 Å². The number of rotatable bonds is 6. The molecule has 0 bridgehead atoms. The standard InChI is InChI=1S/C14H23NO/c1-5-10-15-14(11(2)3)12-6-8-13(16-4)9-7-12/h6-9,11,14-15H,5,10H2,1-4H3. The Hall–Kier alpha value is -1.02. The maximum Gasteiger partial charge on any atom is 0.118 e. The van der Waals surface area contributed by atoms with Gasteiger partial charge in [0.15, 0.2) is 0 Å². The Morgan fingerprint density at radius 2 is 1.81 bits per heavy atom. The minimum absolute atomic E-state index is 0.436. The molecule has 1 N–H and O–H groups in total. The SMILES string of the molecule is CCCNC(c1ccc(OC)cc1)C(C)C. The maximum absolute atomic E-state index is 5.17. The van der Waals surface area contributed by atoms with Gasteiger partial charge in [-0.25, -0.2) is 0 Å². The Bertz CT molecular complexity index is 292. The number of ether oxygens (including phenoxy) is 1. The van der Waals surface area contributed by atoms with Crippen LogP contribution in [0.3, 0.4) is 0 Å². The van der Waals surface area contributed by atoms with Gasteiger partial charge in [-0.05, 0) is 36.6 Å². The van der Waals surface area contributed by atoms with Crippen molar-refractivity contribution in [3.8, 4) is 5.75 Å². The lowest BCUT2D eigenvalue weighted by atomic mass is 9.96. The van der Waals surface area contributed by atoms with Crippen LogP contribution in [-0.2, 0) is 0 Å². The van der Waals surface area contributed by atoms with Gasteiger partial charge in [0.1, 0.15) is 5.75 Å². The first-order valence-electron chi connectivity index (χ1n) is 6.06.